The van der Waals surface area contributed by atoms with Gasteiger partial charge in [-0.25, -0.2) is 9.78 Å². The van der Waals surface area contributed by atoms with Crippen molar-refractivity contribution < 1.29 is 9.53 Å². The highest BCUT2D eigenvalue weighted by Crippen LogP contribution is 2.04. The topological polar surface area (TPSA) is 39.2 Å². The van der Waals surface area contributed by atoms with E-state index in [0.29, 0.717) is 5.69 Å². The van der Waals surface area contributed by atoms with Crippen LogP contribution in [0.25, 0.3) is 6.08 Å². The van der Waals surface area contributed by atoms with Gasteiger partial charge in [0.25, 0.3) is 0 Å². The van der Waals surface area contributed by atoms with E-state index in [-0.39, 0.29) is 0 Å². The molecule has 0 fully saturated rings. The van der Waals surface area contributed by atoms with Gasteiger partial charge in [-0.3, -0.25) is 0 Å². The van der Waals surface area contributed by atoms with E-state index in [2.05, 4.69) is 22.3 Å². The van der Waals surface area contributed by atoms with Gasteiger partial charge in [0.15, 0.2) is 0 Å². The number of carbonyl (C=O) groups is 1. The van der Waals surface area contributed by atoms with Gasteiger partial charge in [0, 0.05) is 6.20 Å². The fourth-order valence-electron chi connectivity index (χ4n) is 1.02. The van der Waals surface area contributed by atoms with E-state index in [9.17, 15) is 4.79 Å². The van der Waals surface area contributed by atoms with E-state index in [1.807, 2.05) is 18.2 Å². The molecule has 0 N–H and O–H groups in total. The average molecular weight is 223 g/mol. The molecule has 3 nitrogen and oxygen atoms in total. The molecule has 0 spiro atoms. The highest BCUT2D eigenvalue weighted by atomic mass is 32.1. The van der Waals surface area contributed by atoms with Gasteiger partial charge in [0.1, 0.15) is 5.69 Å². The van der Waals surface area contributed by atoms with E-state index in [4.69, 9.17) is 0 Å². The maximum Gasteiger partial charge on any atom is 0.356 e. The van der Waals surface area contributed by atoms with Crippen LogP contribution in [0.3, 0.4) is 0 Å². The van der Waals surface area contributed by atoms with Crippen LogP contribution in [0.5, 0.6) is 0 Å². The fourth-order valence-corrected chi connectivity index (χ4v) is 1.17. The summed E-state index contributed by atoms with van der Waals surface area (Å²) in [6.07, 6.45) is 6.52. The van der Waals surface area contributed by atoms with E-state index >= 15 is 0 Å². The Balaban J connectivity index is 2.68. The third-order valence-corrected chi connectivity index (χ3v) is 2.05. The molecule has 0 atom stereocenters. The number of hydrogen-bond donors (Lipinski definition) is 1. The molecular formula is C11H13NO2S. The predicted molar refractivity (Wildman–Crippen MR) is 63.1 cm³/mol. The Morgan fingerprint density at radius 3 is 2.93 bits per heavy atom. The van der Waals surface area contributed by atoms with Crippen molar-refractivity contribution in [1.82, 2.24) is 4.98 Å². The van der Waals surface area contributed by atoms with Crippen LogP contribution in [0.4, 0.5) is 0 Å². The first-order valence-electron chi connectivity index (χ1n) is 4.59. The molecule has 1 aromatic heterocycles. The first-order valence-corrected chi connectivity index (χ1v) is 5.23. The largest absolute Gasteiger partial charge is 0.464 e. The van der Waals surface area contributed by atoms with Crippen molar-refractivity contribution in [1.29, 1.82) is 0 Å². The van der Waals surface area contributed by atoms with Crippen molar-refractivity contribution in [2.45, 2.75) is 6.42 Å². The molecule has 1 aromatic rings. The third kappa shape index (κ3) is 3.75. The average Bonchev–Trinajstić information content (AvgIpc) is 2.29. The fraction of sp³-hybridized carbons (Fsp3) is 0.273. The molecule has 80 valence electrons. The number of pyridine rings is 1. The maximum atomic E-state index is 11.1. The van der Waals surface area contributed by atoms with Gasteiger partial charge in [0.05, 0.1) is 7.11 Å². The second-order valence-electron chi connectivity index (χ2n) is 2.88. The van der Waals surface area contributed by atoms with Crippen LogP contribution in [0, 0.1) is 0 Å². The van der Waals surface area contributed by atoms with Crippen LogP contribution in [-0.2, 0) is 4.74 Å². The molecular weight excluding hydrogens is 210 g/mol. The molecule has 1 rings (SSSR count). The van der Waals surface area contributed by atoms with Crippen molar-refractivity contribution in [2.24, 2.45) is 0 Å². The van der Waals surface area contributed by atoms with Gasteiger partial charge >= 0.3 is 5.97 Å². The summed E-state index contributed by atoms with van der Waals surface area (Å²) < 4.78 is 4.55. The lowest BCUT2D eigenvalue weighted by molar-refractivity contribution is 0.0594. The van der Waals surface area contributed by atoms with Crippen LogP contribution in [0.2, 0.25) is 0 Å². The highest BCUT2D eigenvalue weighted by Gasteiger charge is 2.04. The van der Waals surface area contributed by atoms with E-state index in [0.717, 1.165) is 17.7 Å². The Morgan fingerprint density at radius 1 is 1.60 bits per heavy atom. The Morgan fingerprint density at radius 2 is 2.40 bits per heavy atom. The van der Waals surface area contributed by atoms with Crippen LogP contribution < -0.4 is 0 Å². The molecule has 1 heterocycles. The van der Waals surface area contributed by atoms with Gasteiger partial charge in [0.2, 0.25) is 0 Å². The molecule has 15 heavy (non-hydrogen) atoms. The number of carbonyl (C=O) groups excluding carboxylic acids is 1. The molecule has 0 saturated carbocycles. The number of allylic oxidation sites excluding steroid dienone is 1. The van der Waals surface area contributed by atoms with Gasteiger partial charge in [-0.05, 0) is 23.8 Å². The summed E-state index contributed by atoms with van der Waals surface area (Å²) in [5.41, 5.74) is 1.29. The minimum Gasteiger partial charge on any atom is -0.464 e. The highest BCUT2D eigenvalue weighted by molar-refractivity contribution is 7.80. The molecule has 0 aromatic carbocycles. The van der Waals surface area contributed by atoms with Crippen molar-refractivity contribution in [2.75, 3.05) is 12.9 Å². The Bertz CT molecular complexity index is 346. The zero-order valence-corrected chi connectivity index (χ0v) is 9.41. The number of thiol groups is 1. The zero-order chi connectivity index (χ0) is 11.1. The van der Waals surface area contributed by atoms with Crippen LogP contribution >= 0.6 is 12.6 Å². The molecule has 4 heteroatoms. The van der Waals surface area contributed by atoms with E-state index in [1.165, 1.54) is 7.11 Å². The standard InChI is InChI=1S/C11H13NO2S/c1-14-11(13)10-6-5-9(8-12-10)4-2-3-7-15/h2,4-6,8,15H,3,7H2,1H3. The quantitative estimate of drug-likeness (QED) is 0.628. The number of nitrogens with zero attached hydrogens (tertiary/aromatic N) is 1. The van der Waals surface area contributed by atoms with Crippen LogP contribution in [0.1, 0.15) is 22.5 Å². The summed E-state index contributed by atoms with van der Waals surface area (Å²) in [5, 5.41) is 0. The Kier molecular flexibility index (Phi) is 4.90. The SMILES string of the molecule is COC(=O)c1ccc(C=CCCS)cn1. The summed E-state index contributed by atoms with van der Waals surface area (Å²) in [6.45, 7) is 0. The first-order chi connectivity index (χ1) is 7.27. The van der Waals surface area contributed by atoms with Crippen LogP contribution in [-0.4, -0.2) is 23.8 Å². The lowest BCUT2D eigenvalue weighted by Gasteiger charge is -1.98. The maximum absolute atomic E-state index is 11.1. The monoisotopic (exact) mass is 223 g/mol. The first kappa shape index (κ1) is 11.8. The minimum absolute atomic E-state index is 0.323. The normalized spacial score (nSPS) is 10.5. The van der Waals surface area contributed by atoms with Crippen molar-refractivity contribution in [3.8, 4) is 0 Å². The molecule has 0 amide bonds. The number of esters is 1. The van der Waals surface area contributed by atoms with Crippen LogP contribution in [0.15, 0.2) is 24.4 Å². The van der Waals surface area contributed by atoms with Gasteiger partial charge < -0.3 is 4.74 Å². The third-order valence-electron chi connectivity index (χ3n) is 1.79. The van der Waals surface area contributed by atoms with Gasteiger partial charge in [-0.15, -0.1) is 0 Å². The summed E-state index contributed by atoms with van der Waals surface area (Å²) in [7, 11) is 1.34. The predicted octanol–water partition coefficient (Wildman–Crippen LogP) is 2.20. The molecule has 0 aliphatic carbocycles. The number of aromatic nitrogens is 1. The second-order valence-corrected chi connectivity index (χ2v) is 3.33. The van der Waals surface area contributed by atoms with E-state index < -0.39 is 5.97 Å². The number of hydrogen-bond acceptors (Lipinski definition) is 4. The smallest absolute Gasteiger partial charge is 0.356 e. The molecule has 0 bridgehead atoms. The van der Waals surface area contributed by atoms with Crippen molar-refractivity contribution in [3.63, 3.8) is 0 Å². The summed E-state index contributed by atoms with van der Waals surface area (Å²) in [5.74, 6) is 0.408. The molecule has 0 saturated heterocycles. The number of ether oxygens (including phenoxy) is 1. The minimum atomic E-state index is -0.416. The lowest BCUT2D eigenvalue weighted by atomic mass is 10.2. The molecule has 0 unspecified atom stereocenters. The molecule has 0 radical (unpaired) electrons. The zero-order valence-electron chi connectivity index (χ0n) is 8.51. The number of methoxy groups -OCH3 is 1. The van der Waals surface area contributed by atoms with Crippen molar-refractivity contribution in [3.05, 3.63) is 35.7 Å². The lowest BCUT2D eigenvalue weighted by Crippen LogP contribution is -2.03. The van der Waals surface area contributed by atoms with Gasteiger partial charge in [-0.1, -0.05) is 18.2 Å². The Labute approximate surface area is 94.6 Å². The van der Waals surface area contributed by atoms with E-state index in [1.54, 1.807) is 12.3 Å². The number of rotatable bonds is 4. The summed E-state index contributed by atoms with van der Waals surface area (Å²) >= 11 is 4.09. The summed E-state index contributed by atoms with van der Waals surface area (Å²) in [4.78, 5) is 15.1. The summed E-state index contributed by atoms with van der Waals surface area (Å²) in [6, 6.07) is 3.47. The van der Waals surface area contributed by atoms with Crippen molar-refractivity contribution >= 4 is 24.7 Å². The van der Waals surface area contributed by atoms with Gasteiger partial charge in [-0.2, -0.15) is 12.6 Å². The Hall–Kier alpha value is -1.29. The second kappa shape index (κ2) is 6.24. The molecule has 0 aliphatic rings. The molecule has 0 aliphatic heterocycles.